The van der Waals surface area contributed by atoms with Crippen LogP contribution in [-0.4, -0.2) is 34.0 Å². The Balaban J connectivity index is 3.92. The van der Waals surface area contributed by atoms with Gasteiger partial charge in [-0.1, -0.05) is 11.6 Å². The zero-order valence-corrected chi connectivity index (χ0v) is 9.45. The molecule has 0 aliphatic rings. The molecule has 13 heavy (non-hydrogen) atoms. The van der Waals surface area contributed by atoms with Gasteiger partial charge in [0.25, 0.3) is 0 Å². The normalized spacial score (nSPS) is 12.0. The maximum absolute atomic E-state index is 10.9. The van der Waals surface area contributed by atoms with Gasteiger partial charge in [0.05, 0.1) is 6.61 Å². The molecule has 1 unspecified atom stereocenters. The van der Waals surface area contributed by atoms with E-state index in [0.29, 0.717) is 0 Å². The van der Waals surface area contributed by atoms with Crippen LogP contribution in [0.4, 0.5) is 4.79 Å². The third kappa shape index (κ3) is 5.23. The second-order valence-corrected chi connectivity index (χ2v) is 4.17. The van der Waals surface area contributed by atoms with Crippen LogP contribution in [0.25, 0.3) is 0 Å². The minimum Gasteiger partial charge on any atom is -0.464 e. The Kier molecular flexibility index (Phi) is 6.28. The van der Waals surface area contributed by atoms with Crippen molar-refractivity contribution in [1.29, 1.82) is 0 Å². The van der Waals surface area contributed by atoms with Gasteiger partial charge >= 0.3 is 11.3 Å². The van der Waals surface area contributed by atoms with Gasteiger partial charge in [-0.2, -0.15) is 0 Å². The summed E-state index contributed by atoms with van der Waals surface area (Å²) >= 11 is 11.5. The Hall–Kier alpha value is -0.130. The average Bonchev–Trinajstić information content (AvgIpc) is 2.04. The van der Waals surface area contributed by atoms with Crippen molar-refractivity contribution >= 4 is 46.5 Å². The van der Waals surface area contributed by atoms with E-state index in [2.05, 4.69) is 4.74 Å². The number of halogens is 2. The standard InChI is InChI=1S/C6H9Cl2NO3S/c1-3-12-5(10)4(7)13-9(2)6(8)11/h4H,3H2,1-2H3. The molecular weight excluding hydrogens is 237 g/mol. The van der Waals surface area contributed by atoms with E-state index in [1.807, 2.05) is 0 Å². The van der Waals surface area contributed by atoms with Crippen molar-refractivity contribution < 1.29 is 14.3 Å². The second kappa shape index (κ2) is 6.34. The van der Waals surface area contributed by atoms with Gasteiger partial charge in [-0.05, 0) is 30.5 Å². The van der Waals surface area contributed by atoms with Gasteiger partial charge in [-0.15, -0.1) is 0 Å². The van der Waals surface area contributed by atoms with Gasteiger partial charge in [0.1, 0.15) is 0 Å². The van der Waals surface area contributed by atoms with Crippen molar-refractivity contribution in [2.45, 2.75) is 11.6 Å². The number of hydrogen-bond donors (Lipinski definition) is 0. The highest BCUT2D eigenvalue weighted by atomic mass is 35.5. The van der Waals surface area contributed by atoms with Crippen LogP contribution >= 0.6 is 35.1 Å². The van der Waals surface area contributed by atoms with Gasteiger partial charge in [0.15, 0.2) is 4.71 Å². The predicted octanol–water partition coefficient (Wildman–Crippen LogP) is 2.05. The number of hydrogen-bond acceptors (Lipinski definition) is 4. The molecule has 0 radical (unpaired) electrons. The Labute approximate surface area is 90.6 Å². The summed E-state index contributed by atoms with van der Waals surface area (Å²) in [5, 5.41) is -0.694. The number of amides is 1. The first-order valence-electron chi connectivity index (χ1n) is 3.39. The number of carbonyl (C=O) groups is 2. The topological polar surface area (TPSA) is 46.6 Å². The molecule has 0 aromatic carbocycles. The molecule has 0 N–H and O–H groups in total. The molecule has 7 heteroatoms. The highest BCUT2D eigenvalue weighted by Crippen LogP contribution is 2.21. The van der Waals surface area contributed by atoms with Crippen LogP contribution in [0.2, 0.25) is 0 Å². The molecular formula is C6H9Cl2NO3S. The Morgan fingerprint density at radius 1 is 1.62 bits per heavy atom. The summed E-state index contributed by atoms with van der Waals surface area (Å²) in [5.41, 5.74) is 0. The first kappa shape index (κ1) is 12.9. The lowest BCUT2D eigenvalue weighted by Gasteiger charge is -2.14. The van der Waals surface area contributed by atoms with Crippen molar-refractivity contribution in [1.82, 2.24) is 4.31 Å². The fourth-order valence-electron chi connectivity index (χ4n) is 0.431. The zero-order valence-electron chi connectivity index (χ0n) is 7.12. The fourth-order valence-corrected chi connectivity index (χ4v) is 1.49. The molecule has 1 amide bonds. The smallest absolute Gasteiger partial charge is 0.336 e. The van der Waals surface area contributed by atoms with Crippen LogP contribution in [0.1, 0.15) is 6.92 Å². The minimum absolute atomic E-state index is 0.251. The lowest BCUT2D eigenvalue weighted by molar-refractivity contribution is -0.140. The highest BCUT2D eigenvalue weighted by Gasteiger charge is 2.21. The molecule has 0 bridgehead atoms. The van der Waals surface area contributed by atoms with Crippen molar-refractivity contribution in [3.05, 3.63) is 0 Å². The van der Waals surface area contributed by atoms with E-state index in [0.717, 1.165) is 16.3 Å². The molecule has 0 aromatic rings. The van der Waals surface area contributed by atoms with Crippen molar-refractivity contribution in [2.75, 3.05) is 13.7 Å². The number of ether oxygens (including phenoxy) is 1. The van der Waals surface area contributed by atoms with Crippen molar-refractivity contribution in [2.24, 2.45) is 0 Å². The lowest BCUT2D eigenvalue weighted by atomic mass is 10.7. The molecule has 0 fully saturated rings. The summed E-state index contributed by atoms with van der Waals surface area (Å²) in [6.45, 7) is 1.92. The van der Waals surface area contributed by atoms with Crippen LogP contribution in [-0.2, 0) is 9.53 Å². The largest absolute Gasteiger partial charge is 0.464 e. The molecule has 0 spiro atoms. The first-order chi connectivity index (χ1) is 5.99. The Morgan fingerprint density at radius 3 is 2.54 bits per heavy atom. The van der Waals surface area contributed by atoms with Gasteiger partial charge < -0.3 is 4.74 Å². The fraction of sp³-hybridized carbons (Fsp3) is 0.667. The van der Waals surface area contributed by atoms with Crippen LogP contribution in [0.3, 0.4) is 0 Å². The van der Waals surface area contributed by atoms with Crippen LogP contribution in [0.15, 0.2) is 0 Å². The molecule has 0 rings (SSSR count). The van der Waals surface area contributed by atoms with E-state index < -0.39 is 16.0 Å². The molecule has 76 valence electrons. The molecule has 0 heterocycles. The lowest BCUT2D eigenvalue weighted by Crippen LogP contribution is -2.22. The van der Waals surface area contributed by atoms with E-state index in [1.54, 1.807) is 6.92 Å². The van der Waals surface area contributed by atoms with Gasteiger partial charge in [-0.25, -0.2) is 4.79 Å². The second-order valence-electron chi connectivity index (χ2n) is 1.92. The summed E-state index contributed by atoms with van der Waals surface area (Å²) in [6, 6.07) is 0. The minimum atomic E-state index is -0.951. The molecule has 0 saturated heterocycles. The molecule has 0 aromatic heterocycles. The zero-order chi connectivity index (χ0) is 10.4. The maximum atomic E-state index is 10.9. The molecule has 1 atom stereocenters. The van der Waals surface area contributed by atoms with Crippen LogP contribution in [0.5, 0.6) is 0 Å². The molecule has 4 nitrogen and oxygen atoms in total. The number of rotatable bonds is 4. The maximum Gasteiger partial charge on any atom is 0.336 e. The van der Waals surface area contributed by atoms with Gasteiger partial charge in [-0.3, -0.25) is 9.10 Å². The van der Waals surface area contributed by atoms with E-state index in [9.17, 15) is 9.59 Å². The van der Waals surface area contributed by atoms with Crippen LogP contribution in [0, 0.1) is 0 Å². The number of carbonyl (C=O) groups excluding carboxylic acids is 2. The predicted molar refractivity (Wildman–Crippen MR) is 52.9 cm³/mol. The quantitative estimate of drug-likeness (QED) is 0.250. The monoisotopic (exact) mass is 245 g/mol. The van der Waals surface area contributed by atoms with Crippen LogP contribution < -0.4 is 0 Å². The van der Waals surface area contributed by atoms with Crippen molar-refractivity contribution in [3.63, 3.8) is 0 Å². The number of nitrogens with zero attached hydrogens (tertiary/aromatic N) is 1. The third-order valence-electron chi connectivity index (χ3n) is 0.970. The molecule has 0 aliphatic carbocycles. The molecule has 0 saturated carbocycles. The summed E-state index contributed by atoms with van der Waals surface area (Å²) in [5.74, 6) is -0.584. The van der Waals surface area contributed by atoms with E-state index in [1.165, 1.54) is 7.05 Å². The highest BCUT2D eigenvalue weighted by molar-refractivity contribution is 8.00. The summed E-state index contributed by atoms with van der Waals surface area (Å²) in [7, 11) is 1.41. The summed E-state index contributed by atoms with van der Waals surface area (Å²) in [6.07, 6.45) is 0. The van der Waals surface area contributed by atoms with E-state index in [-0.39, 0.29) is 6.61 Å². The van der Waals surface area contributed by atoms with Gasteiger partial charge in [0.2, 0.25) is 0 Å². The Morgan fingerprint density at radius 2 is 2.15 bits per heavy atom. The van der Waals surface area contributed by atoms with E-state index in [4.69, 9.17) is 23.2 Å². The average molecular weight is 246 g/mol. The van der Waals surface area contributed by atoms with Gasteiger partial charge in [0, 0.05) is 7.05 Å². The SMILES string of the molecule is CCOC(=O)C(Cl)SN(C)C(=O)Cl. The Bertz CT molecular complexity index is 202. The van der Waals surface area contributed by atoms with E-state index >= 15 is 0 Å². The third-order valence-corrected chi connectivity index (χ3v) is 2.60. The summed E-state index contributed by atoms with van der Waals surface area (Å²) in [4.78, 5) is 21.5. The first-order valence-corrected chi connectivity index (χ1v) is 5.04. The number of esters is 1. The molecule has 0 aliphatic heterocycles. The van der Waals surface area contributed by atoms with Crippen molar-refractivity contribution in [3.8, 4) is 0 Å². The number of alkyl halides is 1. The summed E-state index contributed by atoms with van der Waals surface area (Å²) < 4.78 is 4.71.